The number of carbonyl (C=O) groups is 1. The van der Waals surface area contributed by atoms with Crippen molar-refractivity contribution in [3.8, 4) is 12.3 Å². The molecule has 0 heterocycles. The molecule has 0 aliphatic carbocycles. The molecule has 1 aromatic carbocycles. The minimum Gasteiger partial charge on any atom is -0.480 e. The average Bonchev–Trinajstić information content (AvgIpc) is 2.17. The third-order valence-corrected chi connectivity index (χ3v) is 2.07. The van der Waals surface area contributed by atoms with Crippen LogP contribution < -0.4 is 0 Å². The summed E-state index contributed by atoms with van der Waals surface area (Å²) in [6.07, 6.45) is 5.21. The van der Waals surface area contributed by atoms with Crippen molar-refractivity contribution in [1.29, 1.82) is 0 Å². The summed E-state index contributed by atoms with van der Waals surface area (Å²) >= 11 is 0. The Balaban J connectivity index is 3.21. The molecule has 0 aliphatic rings. The number of benzene rings is 1. The molecular weight excluding hydrogens is 164 g/mol. The summed E-state index contributed by atoms with van der Waals surface area (Å²) in [4.78, 5) is 10.9. The van der Waals surface area contributed by atoms with Crippen molar-refractivity contribution < 1.29 is 9.90 Å². The van der Waals surface area contributed by atoms with Gasteiger partial charge in [0.2, 0.25) is 0 Å². The zero-order valence-electron chi connectivity index (χ0n) is 7.32. The van der Waals surface area contributed by atoms with E-state index < -0.39 is 11.4 Å². The van der Waals surface area contributed by atoms with Gasteiger partial charge in [0, 0.05) is 0 Å². The highest BCUT2D eigenvalue weighted by Gasteiger charge is 2.32. The summed E-state index contributed by atoms with van der Waals surface area (Å²) in [5.41, 5.74) is -0.591. The van der Waals surface area contributed by atoms with Gasteiger partial charge in [-0.1, -0.05) is 36.3 Å². The van der Waals surface area contributed by atoms with Crippen LogP contribution in [0.4, 0.5) is 0 Å². The van der Waals surface area contributed by atoms with E-state index in [1.54, 1.807) is 24.3 Å². The largest absolute Gasteiger partial charge is 0.480 e. The molecule has 1 atom stereocenters. The van der Waals surface area contributed by atoms with E-state index >= 15 is 0 Å². The molecule has 0 aliphatic heterocycles. The minimum absolute atomic E-state index is 0.630. The highest BCUT2D eigenvalue weighted by Crippen LogP contribution is 2.22. The molecule has 13 heavy (non-hydrogen) atoms. The van der Waals surface area contributed by atoms with E-state index in [4.69, 9.17) is 11.5 Å². The van der Waals surface area contributed by atoms with Crippen molar-refractivity contribution in [2.45, 2.75) is 12.3 Å². The number of hydrogen-bond acceptors (Lipinski definition) is 1. The predicted octanol–water partition coefficient (Wildman–Crippen LogP) is 1.66. The van der Waals surface area contributed by atoms with Crippen LogP contribution in [0.5, 0.6) is 0 Å². The number of carboxylic acids is 1. The van der Waals surface area contributed by atoms with Crippen LogP contribution in [-0.4, -0.2) is 11.1 Å². The van der Waals surface area contributed by atoms with Crippen LogP contribution in [0.25, 0.3) is 0 Å². The summed E-state index contributed by atoms with van der Waals surface area (Å²) in [6.45, 7) is 1.52. The molecule has 2 nitrogen and oxygen atoms in total. The van der Waals surface area contributed by atoms with E-state index in [2.05, 4.69) is 5.92 Å². The summed E-state index contributed by atoms with van der Waals surface area (Å²) in [6, 6.07) is 8.80. The van der Waals surface area contributed by atoms with Gasteiger partial charge in [-0.25, -0.2) is 0 Å². The Hall–Kier alpha value is -1.75. The lowest BCUT2D eigenvalue weighted by Crippen LogP contribution is -2.30. The number of carboxylic acid groups (broad SMARTS) is 1. The smallest absolute Gasteiger partial charge is 0.326 e. The predicted molar refractivity (Wildman–Crippen MR) is 50.3 cm³/mol. The molecule has 1 rings (SSSR count). The van der Waals surface area contributed by atoms with E-state index in [1.165, 1.54) is 6.92 Å². The third-order valence-electron chi connectivity index (χ3n) is 2.07. The number of terminal acetylenes is 1. The van der Waals surface area contributed by atoms with E-state index in [0.717, 1.165) is 0 Å². The molecule has 0 aromatic heterocycles. The highest BCUT2D eigenvalue weighted by atomic mass is 16.4. The lowest BCUT2D eigenvalue weighted by atomic mass is 9.84. The van der Waals surface area contributed by atoms with Gasteiger partial charge >= 0.3 is 5.97 Å². The van der Waals surface area contributed by atoms with Crippen molar-refractivity contribution >= 4 is 5.97 Å². The fraction of sp³-hybridized carbons (Fsp3) is 0.182. The molecule has 1 unspecified atom stereocenters. The van der Waals surface area contributed by atoms with Gasteiger partial charge in [0.1, 0.15) is 0 Å². The fourth-order valence-electron chi connectivity index (χ4n) is 1.04. The molecule has 0 spiro atoms. The normalized spacial score (nSPS) is 14.2. The monoisotopic (exact) mass is 174 g/mol. The van der Waals surface area contributed by atoms with Crippen molar-refractivity contribution in [2.75, 3.05) is 0 Å². The maximum atomic E-state index is 10.9. The summed E-state index contributed by atoms with van der Waals surface area (Å²) in [7, 11) is 0. The Morgan fingerprint density at radius 3 is 2.38 bits per heavy atom. The van der Waals surface area contributed by atoms with Gasteiger partial charge in [-0.3, -0.25) is 4.79 Å². The van der Waals surface area contributed by atoms with E-state index in [0.29, 0.717) is 5.56 Å². The van der Waals surface area contributed by atoms with Gasteiger partial charge < -0.3 is 5.11 Å². The number of rotatable bonds is 2. The second-order valence-corrected chi connectivity index (χ2v) is 2.94. The second-order valence-electron chi connectivity index (χ2n) is 2.94. The second kappa shape index (κ2) is 3.32. The van der Waals surface area contributed by atoms with Crippen LogP contribution >= 0.6 is 0 Å². The minimum atomic E-state index is -1.22. The van der Waals surface area contributed by atoms with Crippen molar-refractivity contribution in [2.24, 2.45) is 0 Å². The molecule has 0 saturated carbocycles. The Morgan fingerprint density at radius 2 is 2.00 bits per heavy atom. The molecule has 0 radical (unpaired) electrons. The highest BCUT2D eigenvalue weighted by molar-refractivity contribution is 5.84. The zero-order valence-corrected chi connectivity index (χ0v) is 7.32. The van der Waals surface area contributed by atoms with Crippen molar-refractivity contribution in [3.05, 3.63) is 35.9 Å². The number of hydrogen-bond donors (Lipinski definition) is 1. The standard InChI is InChI=1S/C11H10O2/c1-3-11(2,10(12)13)9-7-5-4-6-8-9/h1,4-8H,2H3,(H,12,13). The Morgan fingerprint density at radius 1 is 1.46 bits per heavy atom. The van der Waals surface area contributed by atoms with Gasteiger partial charge in [0.25, 0.3) is 0 Å². The first kappa shape index (κ1) is 9.34. The zero-order chi connectivity index (χ0) is 9.90. The maximum Gasteiger partial charge on any atom is 0.326 e. The molecule has 1 N–H and O–H groups in total. The molecule has 66 valence electrons. The lowest BCUT2D eigenvalue weighted by molar-refractivity contribution is -0.140. The van der Waals surface area contributed by atoms with Gasteiger partial charge in [-0.05, 0) is 12.5 Å². The molecule has 0 fully saturated rings. The topological polar surface area (TPSA) is 37.3 Å². The van der Waals surface area contributed by atoms with Crippen molar-refractivity contribution in [3.63, 3.8) is 0 Å². The molecule has 0 amide bonds. The maximum absolute atomic E-state index is 10.9. The van der Waals surface area contributed by atoms with Crippen LogP contribution in [0.2, 0.25) is 0 Å². The average molecular weight is 174 g/mol. The van der Waals surface area contributed by atoms with Crippen LogP contribution in [0.3, 0.4) is 0 Å². The van der Waals surface area contributed by atoms with E-state index in [9.17, 15) is 4.79 Å². The summed E-state index contributed by atoms with van der Waals surface area (Å²) in [5, 5.41) is 8.94. The molecule has 2 heteroatoms. The van der Waals surface area contributed by atoms with Gasteiger partial charge in [0.05, 0.1) is 0 Å². The Labute approximate surface area is 77.2 Å². The number of aliphatic carboxylic acids is 1. The molecular formula is C11H10O2. The van der Waals surface area contributed by atoms with Crippen molar-refractivity contribution in [1.82, 2.24) is 0 Å². The van der Waals surface area contributed by atoms with E-state index in [-0.39, 0.29) is 0 Å². The summed E-state index contributed by atoms with van der Waals surface area (Å²) in [5.74, 6) is 1.30. The van der Waals surface area contributed by atoms with Crippen LogP contribution in [0, 0.1) is 12.3 Å². The SMILES string of the molecule is C#CC(C)(C(=O)O)c1ccccc1. The van der Waals surface area contributed by atoms with Crippen LogP contribution in [-0.2, 0) is 10.2 Å². The lowest BCUT2D eigenvalue weighted by Gasteiger charge is -2.17. The molecule has 0 saturated heterocycles. The first-order valence-corrected chi connectivity index (χ1v) is 3.88. The van der Waals surface area contributed by atoms with Crippen LogP contribution in [0.15, 0.2) is 30.3 Å². The first-order chi connectivity index (χ1) is 6.11. The Kier molecular flexibility index (Phi) is 2.39. The quantitative estimate of drug-likeness (QED) is 0.692. The first-order valence-electron chi connectivity index (χ1n) is 3.88. The van der Waals surface area contributed by atoms with Gasteiger partial charge in [-0.15, -0.1) is 6.42 Å². The molecule has 1 aromatic rings. The summed E-state index contributed by atoms with van der Waals surface area (Å²) < 4.78 is 0. The fourth-order valence-corrected chi connectivity index (χ4v) is 1.04. The van der Waals surface area contributed by atoms with E-state index in [1.807, 2.05) is 6.07 Å². The molecule has 0 bridgehead atoms. The third kappa shape index (κ3) is 1.54. The Bertz CT molecular complexity index is 348. The van der Waals surface area contributed by atoms with Crippen LogP contribution in [0.1, 0.15) is 12.5 Å². The van der Waals surface area contributed by atoms with Gasteiger partial charge in [-0.2, -0.15) is 0 Å². The van der Waals surface area contributed by atoms with Gasteiger partial charge in [0.15, 0.2) is 5.41 Å².